The smallest absolute Gasteiger partial charge is 0.228 e. The number of rotatable bonds is 6. The Kier molecular flexibility index (Phi) is 4.65. The first-order valence-electron chi connectivity index (χ1n) is 6.45. The lowest BCUT2D eigenvalue weighted by molar-refractivity contribution is 0.0833. The molecule has 0 aliphatic heterocycles. The molecule has 2 aromatic rings. The van der Waals surface area contributed by atoms with E-state index in [2.05, 4.69) is 10.1 Å². The molecule has 2 rings (SSSR count). The van der Waals surface area contributed by atoms with E-state index in [4.69, 9.17) is 15.0 Å². The van der Waals surface area contributed by atoms with Gasteiger partial charge in [0.1, 0.15) is 6.10 Å². The number of benzene rings is 1. The number of nitrogens with two attached hydrogens (primary N) is 1. The Labute approximate surface area is 112 Å². The van der Waals surface area contributed by atoms with Crippen molar-refractivity contribution in [2.24, 2.45) is 5.73 Å². The van der Waals surface area contributed by atoms with Gasteiger partial charge in [-0.25, -0.2) is 0 Å². The van der Waals surface area contributed by atoms with Gasteiger partial charge in [-0.15, -0.1) is 0 Å². The van der Waals surface area contributed by atoms with Gasteiger partial charge in [0.2, 0.25) is 11.7 Å². The summed E-state index contributed by atoms with van der Waals surface area (Å²) in [5.41, 5.74) is 6.73. The molecular formula is C14H19N3O2. The molecule has 2 N–H and O–H groups in total. The fourth-order valence-electron chi connectivity index (χ4n) is 1.85. The maximum Gasteiger partial charge on any atom is 0.228 e. The normalized spacial score (nSPS) is 14.3. The minimum absolute atomic E-state index is 0.00410. The summed E-state index contributed by atoms with van der Waals surface area (Å²) in [4.78, 5) is 4.36. The summed E-state index contributed by atoms with van der Waals surface area (Å²) >= 11 is 0. The van der Waals surface area contributed by atoms with Crippen LogP contribution in [0.2, 0.25) is 0 Å². The van der Waals surface area contributed by atoms with Crippen LogP contribution in [0.4, 0.5) is 0 Å². The van der Waals surface area contributed by atoms with Gasteiger partial charge in [-0.3, -0.25) is 0 Å². The maximum absolute atomic E-state index is 5.72. The molecule has 0 fully saturated rings. The zero-order valence-corrected chi connectivity index (χ0v) is 11.2. The summed E-state index contributed by atoms with van der Waals surface area (Å²) < 4.78 is 10.9. The fraction of sp³-hybridized carbons (Fsp3) is 0.429. The third-order valence-electron chi connectivity index (χ3n) is 2.65. The monoisotopic (exact) mass is 261 g/mol. The zero-order valence-electron chi connectivity index (χ0n) is 11.2. The molecular weight excluding hydrogens is 242 g/mol. The molecule has 102 valence electrons. The van der Waals surface area contributed by atoms with E-state index in [1.165, 1.54) is 0 Å². The second kappa shape index (κ2) is 6.45. The van der Waals surface area contributed by atoms with Gasteiger partial charge in [-0.1, -0.05) is 35.5 Å². The SMILES string of the molecule is CCOC(c1ccccc1)c1noc(CC(C)N)n1. The largest absolute Gasteiger partial charge is 0.366 e. The van der Waals surface area contributed by atoms with Crippen molar-refractivity contribution in [1.29, 1.82) is 0 Å². The molecule has 2 atom stereocenters. The molecule has 0 saturated heterocycles. The van der Waals surface area contributed by atoms with E-state index in [-0.39, 0.29) is 12.1 Å². The van der Waals surface area contributed by atoms with E-state index in [1.807, 2.05) is 44.2 Å². The Hall–Kier alpha value is -1.72. The summed E-state index contributed by atoms with van der Waals surface area (Å²) in [6.07, 6.45) is 0.275. The van der Waals surface area contributed by atoms with Crippen molar-refractivity contribution in [3.05, 3.63) is 47.6 Å². The van der Waals surface area contributed by atoms with E-state index in [1.54, 1.807) is 0 Å². The average Bonchev–Trinajstić information content (AvgIpc) is 2.84. The van der Waals surface area contributed by atoms with Crippen molar-refractivity contribution in [2.75, 3.05) is 6.61 Å². The molecule has 0 spiro atoms. The van der Waals surface area contributed by atoms with Crippen molar-refractivity contribution >= 4 is 0 Å². The van der Waals surface area contributed by atoms with Crippen LogP contribution in [0.15, 0.2) is 34.9 Å². The van der Waals surface area contributed by atoms with Crippen molar-refractivity contribution in [2.45, 2.75) is 32.4 Å². The van der Waals surface area contributed by atoms with E-state index >= 15 is 0 Å². The third-order valence-corrected chi connectivity index (χ3v) is 2.65. The molecule has 0 aliphatic rings. The van der Waals surface area contributed by atoms with Gasteiger partial charge < -0.3 is 15.0 Å². The molecule has 0 aliphatic carbocycles. The molecule has 0 saturated carbocycles. The predicted molar refractivity (Wildman–Crippen MR) is 71.6 cm³/mol. The first-order valence-corrected chi connectivity index (χ1v) is 6.45. The molecule has 2 unspecified atom stereocenters. The average molecular weight is 261 g/mol. The van der Waals surface area contributed by atoms with Gasteiger partial charge in [0.15, 0.2) is 0 Å². The topological polar surface area (TPSA) is 74.2 Å². The molecule has 5 heteroatoms. The van der Waals surface area contributed by atoms with Crippen LogP contribution in [-0.2, 0) is 11.2 Å². The standard InChI is InChI=1S/C14H19N3O2/c1-3-18-13(11-7-5-4-6-8-11)14-16-12(19-17-14)9-10(2)15/h4-8,10,13H,3,9,15H2,1-2H3. The Morgan fingerprint density at radius 2 is 2.05 bits per heavy atom. The summed E-state index contributed by atoms with van der Waals surface area (Å²) in [7, 11) is 0. The first-order chi connectivity index (χ1) is 9.20. The van der Waals surface area contributed by atoms with Crippen molar-refractivity contribution in [3.63, 3.8) is 0 Å². The van der Waals surface area contributed by atoms with E-state index in [0.717, 1.165) is 5.56 Å². The highest BCUT2D eigenvalue weighted by Crippen LogP contribution is 2.23. The van der Waals surface area contributed by atoms with Gasteiger partial charge in [0.05, 0.1) is 0 Å². The van der Waals surface area contributed by atoms with Gasteiger partial charge in [-0.2, -0.15) is 4.98 Å². The summed E-state index contributed by atoms with van der Waals surface area (Å²) in [6.45, 7) is 4.43. The molecule has 0 amide bonds. The molecule has 1 aromatic heterocycles. The van der Waals surface area contributed by atoms with Crippen LogP contribution in [0.5, 0.6) is 0 Å². The second-order valence-corrected chi connectivity index (χ2v) is 4.47. The Bertz CT molecular complexity index is 496. The third kappa shape index (κ3) is 3.62. The van der Waals surface area contributed by atoms with Gasteiger partial charge in [-0.05, 0) is 19.4 Å². The molecule has 0 radical (unpaired) electrons. The number of hydrogen-bond donors (Lipinski definition) is 1. The van der Waals surface area contributed by atoms with Crippen LogP contribution < -0.4 is 5.73 Å². The van der Waals surface area contributed by atoms with Gasteiger partial charge in [0.25, 0.3) is 0 Å². The lowest BCUT2D eigenvalue weighted by atomic mass is 10.1. The van der Waals surface area contributed by atoms with E-state index in [9.17, 15) is 0 Å². The minimum atomic E-state index is -0.295. The molecule has 1 aromatic carbocycles. The van der Waals surface area contributed by atoms with E-state index < -0.39 is 0 Å². The van der Waals surface area contributed by atoms with E-state index in [0.29, 0.717) is 24.7 Å². The van der Waals surface area contributed by atoms with Crippen molar-refractivity contribution in [3.8, 4) is 0 Å². The zero-order chi connectivity index (χ0) is 13.7. The van der Waals surface area contributed by atoms with Crippen LogP contribution in [-0.4, -0.2) is 22.8 Å². The summed E-state index contributed by atoms with van der Waals surface area (Å²) in [5, 5.41) is 4.00. The quantitative estimate of drug-likeness (QED) is 0.861. The molecule has 19 heavy (non-hydrogen) atoms. The van der Waals surface area contributed by atoms with Crippen LogP contribution in [0.3, 0.4) is 0 Å². The van der Waals surface area contributed by atoms with Crippen LogP contribution in [0.25, 0.3) is 0 Å². The summed E-state index contributed by atoms with van der Waals surface area (Å²) in [5.74, 6) is 1.09. The maximum atomic E-state index is 5.72. The van der Waals surface area contributed by atoms with Crippen molar-refractivity contribution in [1.82, 2.24) is 10.1 Å². The first kappa shape index (κ1) is 13.7. The molecule has 0 bridgehead atoms. The Morgan fingerprint density at radius 3 is 2.68 bits per heavy atom. The van der Waals surface area contributed by atoms with Crippen molar-refractivity contribution < 1.29 is 9.26 Å². The number of hydrogen-bond acceptors (Lipinski definition) is 5. The second-order valence-electron chi connectivity index (χ2n) is 4.47. The van der Waals surface area contributed by atoms with Gasteiger partial charge in [0, 0.05) is 19.1 Å². The van der Waals surface area contributed by atoms with Crippen LogP contribution >= 0.6 is 0 Å². The Morgan fingerprint density at radius 1 is 1.32 bits per heavy atom. The van der Waals surface area contributed by atoms with Crippen LogP contribution in [0.1, 0.15) is 37.2 Å². The highest BCUT2D eigenvalue weighted by atomic mass is 16.5. The molecule has 1 heterocycles. The molecule has 5 nitrogen and oxygen atoms in total. The number of aromatic nitrogens is 2. The number of nitrogens with zero attached hydrogens (tertiary/aromatic N) is 2. The lowest BCUT2D eigenvalue weighted by Crippen LogP contribution is -2.18. The highest BCUT2D eigenvalue weighted by molar-refractivity contribution is 5.22. The van der Waals surface area contributed by atoms with Gasteiger partial charge >= 0.3 is 0 Å². The lowest BCUT2D eigenvalue weighted by Gasteiger charge is -2.13. The summed E-state index contributed by atoms with van der Waals surface area (Å²) in [6, 6.07) is 9.86. The Balaban J connectivity index is 2.22. The number of ether oxygens (including phenoxy) is 1. The minimum Gasteiger partial charge on any atom is -0.366 e. The fourth-order valence-corrected chi connectivity index (χ4v) is 1.85. The predicted octanol–water partition coefficient (Wildman–Crippen LogP) is 2.09. The van der Waals surface area contributed by atoms with Crippen LogP contribution in [0, 0.1) is 0 Å². The highest BCUT2D eigenvalue weighted by Gasteiger charge is 2.20.